The fraction of sp³-hybridized carbons (Fsp3) is 0.143. The Kier molecular flexibility index (Phi) is 5.74. The SMILES string of the molecule is Cc1ccc(=O)n(C(C(=O)NCc2ccccn2)C(=O)c2ccc(F)cc2)c1. The summed E-state index contributed by atoms with van der Waals surface area (Å²) < 4.78 is 14.3. The number of halogens is 1. The molecule has 2 aromatic heterocycles. The van der Waals surface area contributed by atoms with Gasteiger partial charge in [0, 0.05) is 24.0 Å². The lowest BCUT2D eigenvalue weighted by atomic mass is 10.0. The third-order valence-corrected chi connectivity index (χ3v) is 4.16. The monoisotopic (exact) mass is 379 g/mol. The van der Waals surface area contributed by atoms with Crippen LogP contribution in [0.1, 0.15) is 27.7 Å². The molecular weight excluding hydrogens is 361 g/mol. The highest BCUT2D eigenvalue weighted by Gasteiger charge is 2.30. The predicted octanol–water partition coefficient (Wildman–Crippen LogP) is 2.43. The van der Waals surface area contributed by atoms with Crippen molar-refractivity contribution in [2.45, 2.75) is 19.5 Å². The molecule has 3 aromatic rings. The van der Waals surface area contributed by atoms with Gasteiger partial charge in [-0.2, -0.15) is 0 Å². The molecule has 7 heteroatoms. The molecular formula is C21H18FN3O3. The first-order chi connectivity index (χ1) is 13.5. The number of aromatic nitrogens is 2. The number of rotatable bonds is 6. The number of ketones is 1. The van der Waals surface area contributed by atoms with Gasteiger partial charge in [0.15, 0.2) is 11.8 Å². The van der Waals surface area contributed by atoms with Gasteiger partial charge in [-0.3, -0.25) is 23.9 Å². The van der Waals surface area contributed by atoms with Crippen LogP contribution in [-0.2, 0) is 11.3 Å². The van der Waals surface area contributed by atoms with E-state index in [0.29, 0.717) is 11.3 Å². The summed E-state index contributed by atoms with van der Waals surface area (Å²) >= 11 is 0. The van der Waals surface area contributed by atoms with Crippen LogP contribution in [0.5, 0.6) is 0 Å². The first kappa shape index (κ1) is 19.2. The number of benzene rings is 1. The fourth-order valence-electron chi connectivity index (χ4n) is 2.74. The number of hydrogen-bond donors (Lipinski definition) is 1. The normalized spacial score (nSPS) is 11.6. The zero-order valence-electron chi connectivity index (χ0n) is 15.1. The van der Waals surface area contributed by atoms with Gasteiger partial charge in [-0.25, -0.2) is 4.39 Å². The van der Waals surface area contributed by atoms with Gasteiger partial charge in [-0.1, -0.05) is 12.1 Å². The molecule has 1 unspecified atom stereocenters. The molecule has 0 saturated carbocycles. The molecule has 0 spiro atoms. The summed E-state index contributed by atoms with van der Waals surface area (Å²) in [4.78, 5) is 42.3. The molecule has 142 valence electrons. The molecule has 3 rings (SSSR count). The molecule has 6 nitrogen and oxygen atoms in total. The lowest BCUT2D eigenvalue weighted by Crippen LogP contribution is -2.41. The summed E-state index contributed by atoms with van der Waals surface area (Å²) in [5, 5.41) is 2.65. The maximum absolute atomic E-state index is 13.2. The molecule has 0 radical (unpaired) electrons. The topological polar surface area (TPSA) is 81.1 Å². The highest BCUT2D eigenvalue weighted by molar-refractivity contribution is 6.11. The molecule has 1 N–H and O–H groups in total. The van der Waals surface area contributed by atoms with E-state index in [1.807, 2.05) is 0 Å². The molecule has 0 aliphatic rings. The average molecular weight is 379 g/mol. The van der Waals surface area contributed by atoms with Crippen molar-refractivity contribution in [1.82, 2.24) is 14.9 Å². The Bertz CT molecular complexity index is 1050. The van der Waals surface area contributed by atoms with Crippen LogP contribution >= 0.6 is 0 Å². The van der Waals surface area contributed by atoms with Gasteiger partial charge in [0.25, 0.3) is 11.5 Å². The fourth-order valence-corrected chi connectivity index (χ4v) is 2.74. The number of nitrogens with one attached hydrogen (secondary N) is 1. The predicted molar refractivity (Wildman–Crippen MR) is 101 cm³/mol. The van der Waals surface area contributed by atoms with E-state index in [0.717, 1.165) is 16.7 Å². The summed E-state index contributed by atoms with van der Waals surface area (Å²) in [6.07, 6.45) is 3.04. The number of nitrogens with zero attached hydrogens (tertiary/aromatic N) is 2. The molecule has 0 aliphatic heterocycles. The lowest BCUT2D eigenvalue weighted by molar-refractivity contribution is -0.123. The van der Waals surface area contributed by atoms with E-state index in [2.05, 4.69) is 10.3 Å². The molecule has 0 bridgehead atoms. The lowest BCUT2D eigenvalue weighted by Gasteiger charge is -2.19. The van der Waals surface area contributed by atoms with E-state index in [4.69, 9.17) is 0 Å². The molecule has 0 fully saturated rings. The quantitative estimate of drug-likeness (QED) is 0.527. The Hall–Kier alpha value is -3.61. The molecule has 0 saturated heterocycles. The zero-order valence-corrected chi connectivity index (χ0v) is 15.1. The third-order valence-electron chi connectivity index (χ3n) is 4.16. The van der Waals surface area contributed by atoms with Crippen molar-refractivity contribution in [3.63, 3.8) is 0 Å². The number of pyridine rings is 2. The van der Waals surface area contributed by atoms with E-state index < -0.39 is 29.1 Å². The van der Waals surface area contributed by atoms with Crippen LogP contribution in [0.25, 0.3) is 0 Å². The van der Waals surface area contributed by atoms with Crippen molar-refractivity contribution in [3.05, 3.63) is 100.0 Å². The third kappa shape index (κ3) is 4.37. The Morgan fingerprint density at radius 3 is 2.54 bits per heavy atom. The van der Waals surface area contributed by atoms with Crippen molar-refractivity contribution in [2.24, 2.45) is 0 Å². The van der Waals surface area contributed by atoms with Crippen LogP contribution in [-0.4, -0.2) is 21.2 Å². The van der Waals surface area contributed by atoms with E-state index in [1.54, 1.807) is 37.4 Å². The van der Waals surface area contributed by atoms with Gasteiger partial charge in [0.1, 0.15) is 5.82 Å². The van der Waals surface area contributed by atoms with E-state index >= 15 is 0 Å². The van der Waals surface area contributed by atoms with Gasteiger partial charge in [-0.15, -0.1) is 0 Å². The summed E-state index contributed by atoms with van der Waals surface area (Å²) in [7, 11) is 0. The average Bonchev–Trinajstić information content (AvgIpc) is 2.70. The minimum Gasteiger partial charge on any atom is -0.348 e. The standard InChI is InChI=1S/C21H18FN3O3/c1-14-5-10-18(26)25(13-14)19(20(27)15-6-8-16(22)9-7-15)21(28)24-12-17-4-2-3-11-23-17/h2-11,13,19H,12H2,1H3,(H,24,28). The number of carbonyl (C=O) groups excluding carboxylic acids is 2. The van der Waals surface area contributed by atoms with Crippen LogP contribution < -0.4 is 10.9 Å². The number of aryl methyl sites for hydroxylation is 1. The molecule has 1 atom stereocenters. The summed E-state index contributed by atoms with van der Waals surface area (Å²) in [6, 6.07) is 11.6. The van der Waals surface area contributed by atoms with Crippen molar-refractivity contribution >= 4 is 11.7 Å². The van der Waals surface area contributed by atoms with E-state index in [9.17, 15) is 18.8 Å². The second kappa shape index (κ2) is 8.39. The summed E-state index contributed by atoms with van der Waals surface area (Å²) in [6.45, 7) is 1.86. The maximum atomic E-state index is 13.2. The Morgan fingerprint density at radius 1 is 1.11 bits per heavy atom. The Morgan fingerprint density at radius 2 is 1.86 bits per heavy atom. The van der Waals surface area contributed by atoms with Crippen molar-refractivity contribution < 1.29 is 14.0 Å². The molecule has 2 heterocycles. The minimum atomic E-state index is -1.42. The smallest absolute Gasteiger partial charge is 0.251 e. The van der Waals surface area contributed by atoms with Crippen molar-refractivity contribution in [3.8, 4) is 0 Å². The van der Waals surface area contributed by atoms with Gasteiger partial charge >= 0.3 is 0 Å². The van der Waals surface area contributed by atoms with Gasteiger partial charge in [0.2, 0.25) is 0 Å². The summed E-state index contributed by atoms with van der Waals surface area (Å²) in [5.41, 5.74) is 0.973. The molecule has 1 aromatic carbocycles. The van der Waals surface area contributed by atoms with Crippen molar-refractivity contribution in [2.75, 3.05) is 0 Å². The minimum absolute atomic E-state index is 0.105. The number of amides is 1. The highest BCUT2D eigenvalue weighted by Crippen LogP contribution is 2.15. The first-order valence-corrected chi connectivity index (χ1v) is 8.62. The van der Waals surface area contributed by atoms with Crippen LogP contribution in [0.2, 0.25) is 0 Å². The number of hydrogen-bond acceptors (Lipinski definition) is 4. The Labute approximate surface area is 160 Å². The van der Waals surface area contributed by atoms with E-state index in [-0.39, 0.29) is 12.1 Å². The first-order valence-electron chi connectivity index (χ1n) is 8.62. The van der Waals surface area contributed by atoms with Crippen LogP contribution in [0, 0.1) is 12.7 Å². The van der Waals surface area contributed by atoms with Crippen LogP contribution in [0.3, 0.4) is 0 Å². The molecule has 1 amide bonds. The van der Waals surface area contributed by atoms with Gasteiger partial charge in [-0.05, 0) is 48.9 Å². The second-order valence-electron chi connectivity index (χ2n) is 6.26. The van der Waals surface area contributed by atoms with Crippen molar-refractivity contribution in [1.29, 1.82) is 0 Å². The number of Topliss-reactive ketones (excluding diaryl/α,β-unsaturated/α-hetero) is 1. The van der Waals surface area contributed by atoms with Gasteiger partial charge < -0.3 is 5.32 Å². The van der Waals surface area contributed by atoms with Crippen LogP contribution in [0.4, 0.5) is 4.39 Å². The van der Waals surface area contributed by atoms with E-state index in [1.165, 1.54) is 24.4 Å². The molecule has 0 aliphatic carbocycles. The zero-order chi connectivity index (χ0) is 20.1. The maximum Gasteiger partial charge on any atom is 0.251 e. The van der Waals surface area contributed by atoms with Crippen LogP contribution in [0.15, 0.2) is 71.8 Å². The summed E-state index contributed by atoms with van der Waals surface area (Å²) in [5.74, 6) is -1.75. The Balaban J connectivity index is 1.95. The molecule has 28 heavy (non-hydrogen) atoms. The largest absolute Gasteiger partial charge is 0.348 e. The number of carbonyl (C=O) groups is 2. The van der Waals surface area contributed by atoms with Gasteiger partial charge in [0.05, 0.1) is 12.2 Å². The second-order valence-corrected chi connectivity index (χ2v) is 6.26. The highest BCUT2D eigenvalue weighted by atomic mass is 19.1.